The first kappa shape index (κ1) is 16.4. The third kappa shape index (κ3) is 3.82. The first-order valence-corrected chi connectivity index (χ1v) is 7.59. The zero-order valence-corrected chi connectivity index (χ0v) is 14.3. The zero-order valence-electron chi connectivity index (χ0n) is 12.7. The fourth-order valence-corrected chi connectivity index (χ4v) is 2.56. The molecule has 2 rings (SSSR count). The average molecular weight is 368 g/mol. The van der Waals surface area contributed by atoms with E-state index >= 15 is 0 Å². The van der Waals surface area contributed by atoms with Crippen molar-refractivity contribution in [2.75, 3.05) is 20.8 Å². The van der Waals surface area contributed by atoms with Crippen LogP contribution in [0.4, 0.5) is 0 Å². The van der Waals surface area contributed by atoms with Crippen LogP contribution < -0.4 is 14.8 Å². The molecule has 0 saturated carbocycles. The highest BCUT2D eigenvalue weighted by atomic mass is 79.9. The van der Waals surface area contributed by atoms with Gasteiger partial charge in [0.1, 0.15) is 5.76 Å². The number of carbonyl (C=O) groups is 1. The third-order valence-corrected chi connectivity index (χ3v) is 3.93. The van der Waals surface area contributed by atoms with E-state index in [0.717, 1.165) is 10.0 Å². The minimum absolute atomic E-state index is 0.218. The summed E-state index contributed by atoms with van der Waals surface area (Å²) in [7, 11) is 3.19. The summed E-state index contributed by atoms with van der Waals surface area (Å²) in [6, 6.07) is 7.18. The Hall–Kier alpha value is -1.95. The lowest BCUT2D eigenvalue weighted by Crippen LogP contribution is -2.25. The summed E-state index contributed by atoms with van der Waals surface area (Å²) in [6.45, 7) is 2.30. The number of nitrogens with one attached hydrogen (secondary N) is 1. The van der Waals surface area contributed by atoms with Gasteiger partial charge in [-0.2, -0.15) is 0 Å². The van der Waals surface area contributed by atoms with Crippen LogP contribution in [0.5, 0.6) is 11.5 Å². The first-order valence-electron chi connectivity index (χ1n) is 6.80. The van der Waals surface area contributed by atoms with Crippen LogP contribution in [0.1, 0.15) is 21.9 Å². The summed E-state index contributed by atoms with van der Waals surface area (Å²) in [6.07, 6.45) is 0.659. The number of ether oxygens (including phenoxy) is 2. The van der Waals surface area contributed by atoms with Gasteiger partial charge < -0.3 is 19.2 Å². The summed E-state index contributed by atoms with van der Waals surface area (Å²) in [5, 5.41) is 2.83. The maximum atomic E-state index is 11.9. The Balaban J connectivity index is 1.98. The molecule has 1 N–H and O–H groups in total. The minimum Gasteiger partial charge on any atom is -0.493 e. The van der Waals surface area contributed by atoms with Gasteiger partial charge >= 0.3 is 0 Å². The zero-order chi connectivity index (χ0) is 16.1. The maximum Gasteiger partial charge on any atom is 0.287 e. The lowest BCUT2D eigenvalue weighted by molar-refractivity contribution is 0.0925. The highest BCUT2D eigenvalue weighted by molar-refractivity contribution is 9.10. The van der Waals surface area contributed by atoms with Crippen LogP contribution >= 0.6 is 15.9 Å². The molecule has 0 aliphatic heterocycles. The lowest BCUT2D eigenvalue weighted by Gasteiger charge is -2.12. The number of aryl methyl sites for hydroxylation is 1. The summed E-state index contributed by atoms with van der Waals surface area (Å²) in [5.41, 5.74) is 1.02. The highest BCUT2D eigenvalue weighted by Crippen LogP contribution is 2.33. The molecule has 1 heterocycles. The molecule has 118 valence electrons. The van der Waals surface area contributed by atoms with Crippen molar-refractivity contribution in [3.05, 3.63) is 45.8 Å². The second-order valence-corrected chi connectivity index (χ2v) is 5.57. The predicted molar refractivity (Wildman–Crippen MR) is 86.7 cm³/mol. The van der Waals surface area contributed by atoms with Gasteiger partial charge in [0.15, 0.2) is 17.3 Å². The Bertz CT molecular complexity index is 666. The van der Waals surface area contributed by atoms with Gasteiger partial charge in [-0.1, -0.05) is 15.9 Å². The van der Waals surface area contributed by atoms with Crippen molar-refractivity contribution < 1.29 is 18.7 Å². The molecule has 0 bridgehead atoms. The molecule has 0 atom stereocenters. The van der Waals surface area contributed by atoms with Crippen molar-refractivity contribution in [3.8, 4) is 11.5 Å². The molecule has 0 fully saturated rings. The normalized spacial score (nSPS) is 10.4. The highest BCUT2D eigenvalue weighted by Gasteiger charge is 2.12. The number of furan rings is 1. The molecule has 0 radical (unpaired) electrons. The summed E-state index contributed by atoms with van der Waals surface area (Å²) >= 11 is 3.50. The van der Waals surface area contributed by atoms with Gasteiger partial charge in [0, 0.05) is 11.0 Å². The van der Waals surface area contributed by atoms with E-state index in [-0.39, 0.29) is 5.91 Å². The monoisotopic (exact) mass is 367 g/mol. The number of carbonyl (C=O) groups excluding carboxylic acids is 1. The van der Waals surface area contributed by atoms with Crippen LogP contribution in [-0.2, 0) is 6.42 Å². The Morgan fingerprint density at radius 2 is 1.91 bits per heavy atom. The van der Waals surface area contributed by atoms with Crippen molar-refractivity contribution in [2.45, 2.75) is 13.3 Å². The average Bonchev–Trinajstić information content (AvgIpc) is 2.95. The number of amides is 1. The molecule has 0 unspecified atom stereocenters. The van der Waals surface area contributed by atoms with E-state index in [1.165, 1.54) is 0 Å². The van der Waals surface area contributed by atoms with E-state index in [0.29, 0.717) is 36.0 Å². The van der Waals surface area contributed by atoms with E-state index in [1.54, 1.807) is 33.3 Å². The fourth-order valence-electron chi connectivity index (χ4n) is 2.04. The van der Waals surface area contributed by atoms with E-state index in [1.807, 2.05) is 12.1 Å². The van der Waals surface area contributed by atoms with Crippen LogP contribution in [0.25, 0.3) is 0 Å². The molecule has 2 aromatic rings. The third-order valence-electron chi connectivity index (χ3n) is 3.20. The van der Waals surface area contributed by atoms with E-state index in [4.69, 9.17) is 13.9 Å². The van der Waals surface area contributed by atoms with Crippen LogP contribution in [0.2, 0.25) is 0 Å². The number of hydrogen-bond acceptors (Lipinski definition) is 4. The molecule has 0 aliphatic carbocycles. The Labute approximate surface area is 137 Å². The minimum atomic E-state index is -0.218. The number of methoxy groups -OCH3 is 2. The molecule has 0 saturated heterocycles. The van der Waals surface area contributed by atoms with E-state index in [9.17, 15) is 4.79 Å². The van der Waals surface area contributed by atoms with Gasteiger partial charge in [-0.15, -0.1) is 0 Å². The lowest BCUT2D eigenvalue weighted by atomic mass is 10.1. The molecular formula is C16H18BrNO4. The molecule has 6 heteroatoms. The molecule has 1 amide bonds. The SMILES string of the molecule is COc1cc(Br)c(CCNC(=O)c2ccc(C)o2)cc1OC. The number of rotatable bonds is 6. The quantitative estimate of drug-likeness (QED) is 0.850. The summed E-state index contributed by atoms with van der Waals surface area (Å²) < 4.78 is 16.7. The molecule has 0 spiro atoms. The molecule has 0 aliphatic rings. The predicted octanol–water partition coefficient (Wildman–Crippen LogP) is 3.34. The second-order valence-electron chi connectivity index (χ2n) is 4.71. The molecule has 1 aromatic heterocycles. The smallest absolute Gasteiger partial charge is 0.287 e. The molecule has 1 aromatic carbocycles. The number of halogens is 1. The van der Waals surface area contributed by atoms with Gasteiger partial charge in [-0.05, 0) is 43.2 Å². The maximum absolute atomic E-state index is 11.9. The fraction of sp³-hybridized carbons (Fsp3) is 0.312. The van der Waals surface area contributed by atoms with Crippen molar-refractivity contribution in [1.82, 2.24) is 5.32 Å². The Morgan fingerprint density at radius 3 is 2.50 bits per heavy atom. The van der Waals surface area contributed by atoms with Crippen molar-refractivity contribution >= 4 is 21.8 Å². The van der Waals surface area contributed by atoms with Crippen LogP contribution in [0.15, 0.2) is 33.2 Å². The number of hydrogen-bond donors (Lipinski definition) is 1. The van der Waals surface area contributed by atoms with Crippen LogP contribution in [0.3, 0.4) is 0 Å². The molecule has 5 nitrogen and oxygen atoms in total. The molecular weight excluding hydrogens is 350 g/mol. The van der Waals surface area contributed by atoms with Crippen molar-refractivity contribution in [3.63, 3.8) is 0 Å². The van der Waals surface area contributed by atoms with Crippen molar-refractivity contribution in [1.29, 1.82) is 0 Å². The second kappa shape index (κ2) is 7.35. The van der Waals surface area contributed by atoms with E-state index < -0.39 is 0 Å². The van der Waals surface area contributed by atoms with Gasteiger partial charge in [0.25, 0.3) is 5.91 Å². The molecule has 22 heavy (non-hydrogen) atoms. The summed E-state index contributed by atoms with van der Waals surface area (Å²) in [5.74, 6) is 2.14. The topological polar surface area (TPSA) is 60.7 Å². The van der Waals surface area contributed by atoms with E-state index in [2.05, 4.69) is 21.2 Å². The standard InChI is InChI=1S/C16H18BrNO4/c1-10-4-5-13(22-10)16(19)18-7-6-11-8-14(20-2)15(21-3)9-12(11)17/h4-5,8-9H,6-7H2,1-3H3,(H,18,19). The first-order chi connectivity index (χ1) is 10.5. The number of benzene rings is 1. The largest absolute Gasteiger partial charge is 0.493 e. The van der Waals surface area contributed by atoms with Crippen molar-refractivity contribution in [2.24, 2.45) is 0 Å². The van der Waals surface area contributed by atoms with Gasteiger partial charge in [0.2, 0.25) is 0 Å². The van der Waals surface area contributed by atoms with Gasteiger partial charge in [-0.25, -0.2) is 0 Å². The Morgan fingerprint density at radius 1 is 1.23 bits per heavy atom. The van der Waals surface area contributed by atoms with Crippen LogP contribution in [0, 0.1) is 6.92 Å². The van der Waals surface area contributed by atoms with Gasteiger partial charge in [0.05, 0.1) is 14.2 Å². The van der Waals surface area contributed by atoms with Crippen LogP contribution in [-0.4, -0.2) is 26.7 Å². The van der Waals surface area contributed by atoms with Gasteiger partial charge in [-0.3, -0.25) is 4.79 Å². The Kier molecular flexibility index (Phi) is 5.49. The summed E-state index contributed by atoms with van der Waals surface area (Å²) in [4.78, 5) is 11.9.